The van der Waals surface area contributed by atoms with Crippen LogP contribution in [0.1, 0.15) is 0 Å². The van der Waals surface area contributed by atoms with Gasteiger partial charge >= 0.3 is 0 Å². The molecule has 1 fully saturated rings. The van der Waals surface area contributed by atoms with Crippen molar-refractivity contribution in [1.29, 1.82) is 0 Å². The SMILES string of the molecule is N[C@H](CO)C1COC1. The minimum atomic E-state index is -0.0660. The number of hydrogen-bond acceptors (Lipinski definition) is 3. The molecule has 1 aliphatic rings. The molecule has 0 radical (unpaired) electrons. The van der Waals surface area contributed by atoms with Gasteiger partial charge < -0.3 is 15.6 Å². The minimum absolute atomic E-state index is 0.0660. The zero-order valence-electron chi connectivity index (χ0n) is 4.71. The monoisotopic (exact) mass is 117 g/mol. The van der Waals surface area contributed by atoms with Crippen LogP contribution in [0.15, 0.2) is 0 Å². The molecule has 0 spiro atoms. The maximum atomic E-state index is 8.49. The number of rotatable bonds is 2. The van der Waals surface area contributed by atoms with Crippen LogP contribution in [0.2, 0.25) is 0 Å². The molecule has 0 aromatic carbocycles. The highest BCUT2D eigenvalue weighted by molar-refractivity contribution is 4.76. The van der Waals surface area contributed by atoms with Crippen molar-refractivity contribution in [3.63, 3.8) is 0 Å². The molecule has 1 atom stereocenters. The fraction of sp³-hybridized carbons (Fsp3) is 1.00. The molecule has 0 bridgehead atoms. The summed E-state index contributed by atoms with van der Waals surface area (Å²) in [4.78, 5) is 0. The first kappa shape index (κ1) is 6.01. The number of aliphatic hydroxyl groups is 1. The van der Waals surface area contributed by atoms with Gasteiger partial charge in [-0.25, -0.2) is 0 Å². The van der Waals surface area contributed by atoms with Crippen LogP contribution < -0.4 is 5.73 Å². The Kier molecular flexibility index (Phi) is 1.83. The normalized spacial score (nSPS) is 24.8. The molecule has 0 aliphatic carbocycles. The van der Waals surface area contributed by atoms with E-state index >= 15 is 0 Å². The van der Waals surface area contributed by atoms with Crippen molar-refractivity contribution < 1.29 is 9.84 Å². The molecule has 1 aliphatic heterocycles. The van der Waals surface area contributed by atoms with Crippen LogP contribution in [-0.2, 0) is 4.74 Å². The van der Waals surface area contributed by atoms with Crippen LogP contribution in [-0.4, -0.2) is 31.0 Å². The second kappa shape index (κ2) is 2.44. The second-order valence-electron chi connectivity index (χ2n) is 2.14. The summed E-state index contributed by atoms with van der Waals surface area (Å²) in [5.41, 5.74) is 5.45. The summed E-state index contributed by atoms with van der Waals surface area (Å²) in [6.07, 6.45) is 0. The van der Waals surface area contributed by atoms with E-state index in [-0.39, 0.29) is 12.6 Å². The molecule has 0 aromatic heterocycles. The molecule has 48 valence electrons. The summed E-state index contributed by atoms with van der Waals surface area (Å²) in [6.45, 7) is 1.53. The van der Waals surface area contributed by atoms with E-state index in [9.17, 15) is 0 Å². The summed E-state index contributed by atoms with van der Waals surface area (Å²) >= 11 is 0. The molecular weight excluding hydrogens is 106 g/mol. The molecule has 3 heteroatoms. The van der Waals surface area contributed by atoms with Crippen LogP contribution in [0.25, 0.3) is 0 Å². The average Bonchev–Trinajstić information content (AvgIpc) is 1.62. The van der Waals surface area contributed by atoms with Gasteiger partial charge in [0.1, 0.15) is 0 Å². The Bertz CT molecular complexity index is 70.1. The zero-order valence-corrected chi connectivity index (χ0v) is 4.71. The van der Waals surface area contributed by atoms with Crippen LogP contribution >= 0.6 is 0 Å². The van der Waals surface area contributed by atoms with Crippen molar-refractivity contribution >= 4 is 0 Å². The summed E-state index contributed by atoms with van der Waals surface area (Å²) in [6, 6.07) is -0.0660. The topological polar surface area (TPSA) is 55.5 Å². The molecular formula is C5H11NO2. The molecule has 3 nitrogen and oxygen atoms in total. The van der Waals surface area contributed by atoms with E-state index in [0.29, 0.717) is 5.92 Å². The van der Waals surface area contributed by atoms with Gasteiger partial charge in [-0.2, -0.15) is 0 Å². The fourth-order valence-corrected chi connectivity index (χ4v) is 0.650. The molecule has 1 saturated heterocycles. The third-order valence-electron chi connectivity index (χ3n) is 1.48. The highest BCUT2D eigenvalue weighted by Crippen LogP contribution is 2.11. The highest BCUT2D eigenvalue weighted by Gasteiger charge is 2.24. The predicted octanol–water partition coefficient (Wildman–Crippen LogP) is -1.05. The Hall–Kier alpha value is -0.120. The lowest BCUT2D eigenvalue weighted by Gasteiger charge is -2.29. The summed E-state index contributed by atoms with van der Waals surface area (Å²) < 4.78 is 4.87. The van der Waals surface area contributed by atoms with Crippen LogP contribution in [0.3, 0.4) is 0 Å². The maximum absolute atomic E-state index is 8.49. The van der Waals surface area contributed by atoms with Gasteiger partial charge in [0.2, 0.25) is 0 Å². The smallest absolute Gasteiger partial charge is 0.0587 e. The van der Waals surface area contributed by atoms with Gasteiger partial charge in [-0.15, -0.1) is 0 Å². The lowest BCUT2D eigenvalue weighted by Crippen LogP contribution is -2.45. The molecule has 0 aromatic rings. The Balaban J connectivity index is 2.13. The lowest BCUT2D eigenvalue weighted by molar-refractivity contribution is -0.0508. The van der Waals surface area contributed by atoms with Crippen LogP contribution in [0.4, 0.5) is 0 Å². The molecule has 0 unspecified atom stereocenters. The van der Waals surface area contributed by atoms with Crippen LogP contribution in [0.5, 0.6) is 0 Å². The van der Waals surface area contributed by atoms with Gasteiger partial charge in [0.15, 0.2) is 0 Å². The fourth-order valence-electron chi connectivity index (χ4n) is 0.650. The van der Waals surface area contributed by atoms with Gasteiger partial charge in [-0.3, -0.25) is 0 Å². The Morgan fingerprint density at radius 1 is 1.75 bits per heavy atom. The first-order valence-corrected chi connectivity index (χ1v) is 2.78. The quantitative estimate of drug-likeness (QED) is 0.485. The number of nitrogens with two attached hydrogens (primary N) is 1. The van der Waals surface area contributed by atoms with Crippen LogP contribution in [0, 0.1) is 5.92 Å². The molecule has 3 N–H and O–H groups in total. The molecule has 1 rings (SSSR count). The Morgan fingerprint density at radius 2 is 2.38 bits per heavy atom. The number of aliphatic hydroxyl groups excluding tert-OH is 1. The first-order valence-electron chi connectivity index (χ1n) is 2.78. The van der Waals surface area contributed by atoms with Crippen molar-refractivity contribution in [2.24, 2.45) is 11.7 Å². The third-order valence-corrected chi connectivity index (χ3v) is 1.48. The van der Waals surface area contributed by atoms with Gasteiger partial charge in [0, 0.05) is 12.0 Å². The maximum Gasteiger partial charge on any atom is 0.0587 e. The third kappa shape index (κ3) is 0.992. The van der Waals surface area contributed by atoms with Gasteiger partial charge in [0.05, 0.1) is 19.8 Å². The lowest BCUT2D eigenvalue weighted by atomic mass is 10.0. The van der Waals surface area contributed by atoms with Crippen molar-refractivity contribution in [2.45, 2.75) is 6.04 Å². The van der Waals surface area contributed by atoms with Crippen molar-refractivity contribution in [3.8, 4) is 0 Å². The van der Waals surface area contributed by atoms with Crippen molar-refractivity contribution in [3.05, 3.63) is 0 Å². The average molecular weight is 117 g/mol. The van der Waals surface area contributed by atoms with Crippen molar-refractivity contribution in [1.82, 2.24) is 0 Å². The van der Waals surface area contributed by atoms with E-state index in [0.717, 1.165) is 13.2 Å². The summed E-state index contributed by atoms with van der Waals surface area (Å²) in [5, 5.41) is 8.49. The first-order chi connectivity index (χ1) is 3.84. The van der Waals surface area contributed by atoms with E-state index in [1.165, 1.54) is 0 Å². The Morgan fingerprint density at radius 3 is 2.50 bits per heavy atom. The van der Waals surface area contributed by atoms with Gasteiger partial charge in [-0.1, -0.05) is 0 Å². The second-order valence-corrected chi connectivity index (χ2v) is 2.14. The molecule has 1 heterocycles. The summed E-state index contributed by atoms with van der Waals surface area (Å²) in [5.74, 6) is 0.403. The molecule has 0 amide bonds. The largest absolute Gasteiger partial charge is 0.395 e. The summed E-state index contributed by atoms with van der Waals surface area (Å²) in [7, 11) is 0. The predicted molar refractivity (Wildman–Crippen MR) is 29.4 cm³/mol. The standard InChI is InChI=1S/C5H11NO2/c6-5(1-7)4-2-8-3-4/h4-5,7H,1-3,6H2/t5-/m1/s1. The highest BCUT2D eigenvalue weighted by atomic mass is 16.5. The van der Waals surface area contributed by atoms with E-state index in [1.807, 2.05) is 0 Å². The van der Waals surface area contributed by atoms with E-state index < -0.39 is 0 Å². The van der Waals surface area contributed by atoms with Gasteiger partial charge in [0.25, 0.3) is 0 Å². The van der Waals surface area contributed by atoms with E-state index in [4.69, 9.17) is 15.6 Å². The van der Waals surface area contributed by atoms with Crippen molar-refractivity contribution in [2.75, 3.05) is 19.8 Å². The van der Waals surface area contributed by atoms with E-state index in [2.05, 4.69) is 0 Å². The number of hydrogen-bond donors (Lipinski definition) is 2. The van der Waals surface area contributed by atoms with Gasteiger partial charge in [-0.05, 0) is 0 Å². The molecule has 0 saturated carbocycles. The minimum Gasteiger partial charge on any atom is -0.395 e. The zero-order chi connectivity index (χ0) is 5.98. The number of ether oxygens (including phenoxy) is 1. The van der Waals surface area contributed by atoms with E-state index in [1.54, 1.807) is 0 Å². The Labute approximate surface area is 48.4 Å². The molecule has 8 heavy (non-hydrogen) atoms.